The normalized spacial score (nSPS) is 17.6. The Morgan fingerprint density at radius 1 is 1.22 bits per heavy atom. The van der Waals surface area contributed by atoms with E-state index in [-0.39, 0.29) is 15.8 Å². The number of sulfonamides is 1. The van der Waals surface area contributed by atoms with Crippen LogP contribution in [0.5, 0.6) is 0 Å². The number of carbonyl (C=O) groups excluding carboxylic acids is 1. The molecule has 1 N–H and O–H groups in total. The number of nitrogens with zero attached hydrogens (tertiary/aromatic N) is 1. The molecule has 2 aromatic rings. The number of likely N-dealkylation sites (tertiary alicyclic amines) is 1. The fraction of sp³-hybridized carbons (Fsp3) is 0.350. The number of halogens is 1. The zero-order valence-electron chi connectivity index (χ0n) is 15.4. The molecule has 1 aliphatic rings. The molecule has 5 nitrogen and oxygen atoms in total. The van der Waals surface area contributed by atoms with Crippen LogP contribution in [0.15, 0.2) is 47.4 Å². The van der Waals surface area contributed by atoms with Crippen molar-refractivity contribution in [1.29, 1.82) is 0 Å². The van der Waals surface area contributed by atoms with E-state index in [0.717, 1.165) is 18.4 Å². The molecule has 1 amide bonds. The number of piperidine rings is 1. The number of nitrogens with one attached hydrogen (secondary N) is 1. The quantitative estimate of drug-likeness (QED) is 0.822. The fourth-order valence-corrected chi connectivity index (χ4v) is 4.89. The molecule has 0 aromatic heterocycles. The first kappa shape index (κ1) is 19.7. The maximum atomic E-state index is 12.8. The zero-order chi connectivity index (χ0) is 19.6. The van der Waals surface area contributed by atoms with Crippen LogP contribution in [-0.4, -0.2) is 32.3 Å². The van der Waals surface area contributed by atoms with Crippen molar-refractivity contribution in [2.45, 2.75) is 31.6 Å². The molecule has 1 aliphatic heterocycles. The van der Waals surface area contributed by atoms with Crippen molar-refractivity contribution in [2.75, 3.05) is 17.8 Å². The number of aryl methyl sites for hydroxylation is 1. The molecule has 27 heavy (non-hydrogen) atoms. The lowest BCUT2D eigenvalue weighted by Crippen LogP contribution is -2.39. The fourth-order valence-electron chi connectivity index (χ4n) is 3.32. The minimum atomic E-state index is -3.91. The summed E-state index contributed by atoms with van der Waals surface area (Å²) in [5.74, 6) is 0.284. The molecular formula is C20H23ClN2O3S. The molecule has 0 unspecified atom stereocenters. The van der Waals surface area contributed by atoms with Crippen LogP contribution in [0.2, 0.25) is 5.02 Å². The predicted molar refractivity (Wildman–Crippen MR) is 108 cm³/mol. The number of rotatable bonds is 4. The summed E-state index contributed by atoms with van der Waals surface area (Å²) in [5, 5.41) is 0.0821. The lowest BCUT2D eigenvalue weighted by molar-refractivity contribution is 0.0683. The second-order valence-corrected chi connectivity index (χ2v) is 9.18. The molecule has 0 radical (unpaired) electrons. The topological polar surface area (TPSA) is 66.5 Å². The molecule has 2 aromatic carbocycles. The van der Waals surface area contributed by atoms with Gasteiger partial charge in [0, 0.05) is 24.3 Å². The maximum Gasteiger partial charge on any atom is 0.263 e. The lowest BCUT2D eigenvalue weighted by atomic mass is 9.99. The number of carbonyl (C=O) groups is 1. The standard InChI is InChI=1S/C20H23ClN2O3S/c1-14-5-3-7-17(11-14)22-27(25,26)19-12-16(8-9-18(19)21)20(24)23-10-4-6-15(2)13-23/h3,5,7-9,11-12,15,22H,4,6,10,13H2,1-2H3/t15-/m1/s1. The Bertz CT molecular complexity index is 959. The van der Waals surface area contributed by atoms with Gasteiger partial charge >= 0.3 is 0 Å². The van der Waals surface area contributed by atoms with Crippen LogP contribution in [0.3, 0.4) is 0 Å². The van der Waals surface area contributed by atoms with E-state index in [2.05, 4.69) is 11.6 Å². The van der Waals surface area contributed by atoms with Gasteiger partial charge in [-0.2, -0.15) is 0 Å². The van der Waals surface area contributed by atoms with Gasteiger partial charge in [-0.1, -0.05) is 30.7 Å². The van der Waals surface area contributed by atoms with Gasteiger partial charge in [-0.05, 0) is 61.6 Å². The minimum absolute atomic E-state index is 0.0821. The molecule has 144 valence electrons. The summed E-state index contributed by atoms with van der Waals surface area (Å²) in [6, 6.07) is 11.5. The molecule has 1 saturated heterocycles. The summed E-state index contributed by atoms with van der Waals surface area (Å²) in [6.07, 6.45) is 2.06. The molecule has 0 saturated carbocycles. The number of anilines is 1. The summed E-state index contributed by atoms with van der Waals surface area (Å²) in [7, 11) is -3.91. The number of benzene rings is 2. The van der Waals surface area contributed by atoms with Crippen molar-refractivity contribution in [2.24, 2.45) is 5.92 Å². The van der Waals surface area contributed by atoms with Crippen LogP contribution in [0.1, 0.15) is 35.7 Å². The van der Waals surface area contributed by atoms with Gasteiger partial charge in [0.2, 0.25) is 0 Å². The Hall–Kier alpha value is -2.05. The van der Waals surface area contributed by atoms with Crippen LogP contribution in [0, 0.1) is 12.8 Å². The highest BCUT2D eigenvalue weighted by Crippen LogP contribution is 2.27. The van der Waals surface area contributed by atoms with Gasteiger partial charge in [0.05, 0.1) is 5.02 Å². The maximum absolute atomic E-state index is 12.8. The minimum Gasteiger partial charge on any atom is -0.338 e. The predicted octanol–water partition coefficient (Wildman–Crippen LogP) is 4.32. The van der Waals surface area contributed by atoms with Crippen LogP contribution in [0.4, 0.5) is 5.69 Å². The van der Waals surface area contributed by atoms with Crippen LogP contribution >= 0.6 is 11.6 Å². The van der Waals surface area contributed by atoms with Crippen molar-refractivity contribution in [3.05, 3.63) is 58.6 Å². The molecule has 0 aliphatic carbocycles. The molecule has 0 spiro atoms. The molecular weight excluding hydrogens is 384 g/mol. The highest BCUT2D eigenvalue weighted by Gasteiger charge is 2.25. The second-order valence-electron chi connectivity index (χ2n) is 7.12. The SMILES string of the molecule is Cc1cccc(NS(=O)(=O)c2cc(C(=O)N3CCC[C@@H](C)C3)ccc2Cl)c1. The third-order valence-electron chi connectivity index (χ3n) is 4.68. The Morgan fingerprint density at radius 2 is 2.00 bits per heavy atom. The molecule has 1 heterocycles. The Morgan fingerprint density at radius 3 is 2.70 bits per heavy atom. The Kier molecular flexibility index (Phi) is 5.77. The van der Waals surface area contributed by atoms with Crippen molar-refractivity contribution in [3.63, 3.8) is 0 Å². The third kappa shape index (κ3) is 4.62. The summed E-state index contributed by atoms with van der Waals surface area (Å²) >= 11 is 6.15. The number of hydrogen-bond acceptors (Lipinski definition) is 3. The van der Waals surface area contributed by atoms with E-state index in [1.165, 1.54) is 12.1 Å². The summed E-state index contributed by atoms with van der Waals surface area (Å²) in [6.45, 7) is 5.37. The summed E-state index contributed by atoms with van der Waals surface area (Å²) in [4.78, 5) is 14.5. The molecule has 3 rings (SSSR count). The average Bonchev–Trinajstić information content (AvgIpc) is 2.61. The smallest absolute Gasteiger partial charge is 0.263 e. The average molecular weight is 407 g/mol. The first-order valence-electron chi connectivity index (χ1n) is 8.94. The van der Waals surface area contributed by atoms with Gasteiger partial charge in [0.15, 0.2) is 0 Å². The van der Waals surface area contributed by atoms with Crippen LogP contribution in [-0.2, 0) is 10.0 Å². The highest BCUT2D eigenvalue weighted by molar-refractivity contribution is 7.92. The molecule has 1 atom stereocenters. The van der Waals surface area contributed by atoms with E-state index in [0.29, 0.717) is 30.3 Å². The van der Waals surface area contributed by atoms with E-state index >= 15 is 0 Å². The largest absolute Gasteiger partial charge is 0.338 e. The third-order valence-corrected chi connectivity index (χ3v) is 6.55. The van der Waals surface area contributed by atoms with E-state index in [1.807, 2.05) is 13.0 Å². The van der Waals surface area contributed by atoms with E-state index in [4.69, 9.17) is 11.6 Å². The van der Waals surface area contributed by atoms with Gasteiger partial charge in [-0.15, -0.1) is 0 Å². The monoisotopic (exact) mass is 406 g/mol. The van der Waals surface area contributed by atoms with Crippen molar-refractivity contribution in [1.82, 2.24) is 4.90 Å². The highest BCUT2D eigenvalue weighted by atomic mass is 35.5. The van der Waals surface area contributed by atoms with Crippen molar-refractivity contribution >= 4 is 33.2 Å². The van der Waals surface area contributed by atoms with E-state index in [1.54, 1.807) is 29.2 Å². The van der Waals surface area contributed by atoms with Crippen LogP contribution < -0.4 is 4.72 Å². The van der Waals surface area contributed by atoms with Crippen molar-refractivity contribution < 1.29 is 13.2 Å². The molecule has 0 bridgehead atoms. The molecule has 1 fully saturated rings. The van der Waals surface area contributed by atoms with Crippen LogP contribution in [0.25, 0.3) is 0 Å². The van der Waals surface area contributed by atoms with E-state index < -0.39 is 10.0 Å². The summed E-state index contributed by atoms with van der Waals surface area (Å²) < 4.78 is 28.2. The van der Waals surface area contributed by atoms with Gasteiger partial charge in [0.25, 0.3) is 15.9 Å². The zero-order valence-corrected chi connectivity index (χ0v) is 17.0. The Labute approximate surface area is 165 Å². The second kappa shape index (κ2) is 7.90. The van der Waals surface area contributed by atoms with Gasteiger partial charge in [-0.3, -0.25) is 9.52 Å². The van der Waals surface area contributed by atoms with E-state index in [9.17, 15) is 13.2 Å². The Balaban J connectivity index is 1.89. The molecule has 7 heteroatoms. The van der Waals surface area contributed by atoms with Gasteiger partial charge in [0.1, 0.15) is 4.90 Å². The van der Waals surface area contributed by atoms with Gasteiger partial charge in [-0.25, -0.2) is 8.42 Å². The first-order valence-corrected chi connectivity index (χ1v) is 10.8. The van der Waals surface area contributed by atoms with Crippen molar-refractivity contribution in [3.8, 4) is 0 Å². The van der Waals surface area contributed by atoms with Gasteiger partial charge < -0.3 is 4.90 Å². The first-order chi connectivity index (χ1) is 12.8. The number of hydrogen-bond donors (Lipinski definition) is 1. The lowest BCUT2D eigenvalue weighted by Gasteiger charge is -2.31. The number of amides is 1. The summed E-state index contributed by atoms with van der Waals surface area (Å²) in [5.41, 5.74) is 1.72.